The number of cyclic esters (lactones) is 1. The van der Waals surface area contributed by atoms with Gasteiger partial charge < -0.3 is 24.4 Å². The van der Waals surface area contributed by atoms with Crippen LogP contribution in [0.2, 0.25) is 0 Å². The maximum atomic E-state index is 14.4. The van der Waals surface area contributed by atoms with Crippen molar-refractivity contribution in [1.29, 1.82) is 0 Å². The molecule has 4 aliphatic heterocycles. The minimum absolute atomic E-state index is 0.00729. The SMILES string of the molecule is C[C@@]12C=CCOC(=O)[C@@H]1[C@H]1C(=O)N(CCCCO)C3C(=O)N(c4ccc5ccccc5c4)CC=C[C@@]31O2. The normalized spacial score (nSPS) is 32.7. The van der Waals surface area contributed by atoms with E-state index in [1.165, 1.54) is 0 Å². The van der Waals surface area contributed by atoms with Crippen LogP contribution in [0.25, 0.3) is 10.8 Å². The summed E-state index contributed by atoms with van der Waals surface area (Å²) in [5.74, 6) is -2.78. The number of aliphatic hydroxyl groups is 1. The minimum atomic E-state index is -1.31. The van der Waals surface area contributed by atoms with Crippen molar-refractivity contribution >= 4 is 34.2 Å². The maximum Gasteiger partial charge on any atom is 0.313 e. The van der Waals surface area contributed by atoms with E-state index in [4.69, 9.17) is 9.47 Å². The molecular formula is C29H30N2O6. The van der Waals surface area contributed by atoms with Gasteiger partial charge >= 0.3 is 5.97 Å². The summed E-state index contributed by atoms with van der Waals surface area (Å²) in [7, 11) is 0. The fourth-order valence-corrected chi connectivity index (χ4v) is 6.57. The predicted molar refractivity (Wildman–Crippen MR) is 137 cm³/mol. The largest absolute Gasteiger partial charge is 0.461 e. The highest BCUT2D eigenvalue weighted by Gasteiger charge is 2.74. The fraction of sp³-hybridized carbons (Fsp3) is 0.414. The molecule has 4 heterocycles. The summed E-state index contributed by atoms with van der Waals surface area (Å²) in [4.78, 5) is 44.8. The van der Waals surface area contributed by atoms with E-state index in [9.17, 15) is 19.5 Å². The number of amides is 2. The first-order valence-corrected chi connectivity index (χ1v) is 12.8. The summed E-state index contributed by atoms with van der Waals surface area (Å²) in [5, 5.41) is 11.4. The Kier molecular flexibility index (Phi) is 5.69. The van der Waals surface area contributed by atoms with Gasteiger partial charge in [-0.25, -0.2) is 0 Å². The van der Waals surface area contributed by atoms with Crippen molar-refractivity contribution in [3.05, 3.63) is 66.8 Å². The molecule has 192 valence electrons. The van der Waals surface area contributed by atoms with E-state index in [0.717, 1.165) is 16.5 Å². The lowest BCUT2D eigenvalue weighted by atomic mass is 9.75. The van der Waals surface area contributed by atoms with E-state index >= 15 is 0 Å². The van der Waals surface area contributed by atoms with E-state index in [1.54, 1.807) is 28.9 Å². The highest BCUT2D eigenvalue weighted by Crippen LogP contribution is 2.57. The van der Waals surface area contributed by atoms with Crippen LogP contribution >= 0.6 is 0 Å². The first kappa shape index (κ1) is 23.9. The van der Waals surface area contributed by atoms with Crippen LogP contribution in [0.1, 0.15) is 19.8 Å². The van der Waals surface area contributed by atoms with Gasteiger partial charge in [-0.15, -0.1) is 0 Å². The van der Waals surface area contributed by atoms with Gasteiger partial charge in [0.05, 0.1) is 11.5 Å². The number of hydrogen-bond donors (Lipinski definition) is 1. The summed E-state index contributed by atoms with van der Waals surface area (Å²) < 4.78 is 12.1. The molecule has 6 rings (SSSR count). The lowest BCUT2D eigenvalue weighted by Crippen LogP contribution is -2.56. The molecule has 1 spiro atoms. The van der Waals surface area contributed by atoms with E-state index in [0.29, 0.717) is 19.4 Å². The quantitative estimate of drug-likeness (QED) is 0.384. The van der Waals surface area contributed by atoms with Gasteiger partial charge in [-0.2, -0.15) is 0 Å². The number of esters is 1. The Hall–Kier alpha value is -3.49. The Morgan fingerprint density at radius 1 is 0.973 bits per heavy atom. The molecule has 4 aliphatic rings. The van der Waals surface area contributed by atoms with Gasteiger partial charge in [0.1, 0.15) is 24.2 Å². The van der Waals surface area contributed by atoms with Gasteiger partial charge in [-0.3, -0.25) is 14.4 Å². The van der Waals surface area contributed by atoms with Gasteiger partial charge in [0.25, 0.3) is 5.91 Å². The van der Waals surface area contributed by atoms with Crippen molar-refractivity contribution in [3.8, 4) is 0 Å². The summed E-state index contributed by atoms with van der Waals surface area (Å²) in [5.41, 5.74) is -1.65. The number of carbonyl (C=O) groups is 3. The molecule has 1 N–H and O–H groups in total. The lowest BCUT2D eigenvalue weighted by molar-refractivity contribution is -0.156. The van der Waals surface area contributed by atoms with Crippen LogP contribution in [-0.4, -0.2) is 71.3 Å². The molecule has 0 aliphatic carbocycles. The molecule has 2 saturated heterocycles. The molecule has 2 aromatic carbocycles. The third-order valence-corrected chi connectivity index (χ3v) is 8.16. The number of aliphatic hydroxyl groups excluding tert-OH is 1. The third-order valence-electron chi connectivity index (χ3n) is 8.16. The molecule has 0 radical (unpaired) electrons. The number of anilines is 1. The number of rotatable bonds is 5. The Morgan fingerprint density at radius 2 is 1.78 bits per heavy atom. The average molecular weight is 503 g/mol. The molecule has 5 atom stereocenters. The van der Waals surface area contributed by atoms with Crippen molar-refractivity contribution < 1.29 is 29.0 Å². The number of benzene rings is 2. The van der Waals surface area contributed by atoms with Crippen molar-refractivity contribution in [1.82, 2.24) is 4.90 Å². The van der Waals surface area contributed by atoms with E-state index < -0.39 is 35.0 Å². The molecule has 2 amide bonds. The summed E-state index contributed by atoms with van der Waals surface area (Å²) in [6.07, 6.45) is 8.25. The van der Waals surface area contributed by atoms with Crippen molar-refractivity contribution in [3.63, 3.8) is 0 Å². The summed E-state index contributed by atoms with van der Waals surface area (Å²) in [6, 6.07) is 12.9. The third kappa shape index (κ3) is 3.54. The molecule has 1 unspecified atom stereocenters. The van der Waals surface area contributed by atoms with E-state index in [1.807, 2.05) is 54.6 Å². The number of unbranched alkanes of at least 4 members (excludes halogenated alkanes) is 1. The van der Waals surface area contributed by atoms with Gasteiger partial charge in [0, 0.05) is 25.4 Å². The molecule has 0 aromatic heterocycles. The van der Waals surface area contributed by atoms with Crippen LogP contribution in [0.5, 0.6) is 0 Å². The van der Waals surface area contributed by atoms with Crippen LogP contribution in [0, 0.1) is 11.8 Å². The van der Waals surface area contributed by atoms with E-state index in [2.05, 4.69) is 0 Å². The first-order chi connectivity index (χ1) is 17.9. The van der Waals surface area contributed by atoms with E-state index in [-0.39, 0.29) is 31.6 Å². The monoisotopic (exact) mass is 502 g/mol. The van der Waals surface area contributed by atoms with Crippen molar-refractivity contribution in [2.45, 2.75) is 37.0 Å². The Balaban J connectivity index is 1.46. The molecular weight excluding hydrogens is 472 g/mol. The van der Waals surface area contributed by atoms with Crippen LogP contribution in [0.4, 0.5) is 5.69 Å². The topological polar surface area (TPSA) is 96.4 Å². The molecule has 0 saturated carbocycles. The predicted octanol–water partition coefficient (Wildman–Crippen LogP) is 2.60. The van der Waals surface area contributed by atoms with Crippen LogP contribution in [0.3, 0.4) is 0 Å². The van der Waals surface area contributed by atoms with Gasteiger partial charge in [-0.05, 0) is 48.7 Å². The zero-order valence-electron chi connectivity index (χ0n) is 20.7. The summed E-state index contributed by atoms with van der Waals surface area (Å²) in [6.45, 7) is 2.50. The zero-order valence-corrected chi connectivity index (χ0v) is 20.7. The molecule has 2 fully saturated rings. The highest BCUT2D eigenvalue weighted by molar-refractivity contribution is 6.06. The fourth-order valence-electron chi connectivity index (χ4n) is 6.57. The number of hydrogen-bond acceptors (Lipinski definition) is 6. The van der Waals surface area contributed by atoms with Crippen LogP contribution in [0.15, 0.2) is 66.8 Å². The average Bonchev–Trinajstić information content (AvgIpc) is 3.14. The molecule has 2 aromatic rings. The Labute approximate surface area is 215 Å². The molecule has 8 nitrogen and oxygen atoms in total. The second-order valence-electron chi connectivity index (χ2n) is 10.4. The number of fused-ring (bicyclic) bond motifs is 3. The second kappa shape index (κ2) is 8.82. The number of ether oxygens (including phenoxy) is 2. The smallest absolute Gasteiger partial charge is 0.313 e. The van der Waals surface area contributed by atoms with Crippen LogP contribution < -0.4 is 4.90 Å². The van der Waals surface area contributed by atoms with Crippen molar-refractivity contribution in [2.75, 3.05) is 31.2 Å². The maximum absolute atomic E-state index is 14.4. The first-order valence-electron chi connectivity index (χ1n) is 12.8. The Bertz CT molecular complexity index is 1340. The number of nitrogens with zero attached hydrogens (tertiary/aromatic N) is 2. The standard InChI is InChI=1S/C29H30N2O6/c1-28-12-7-17-36-27(35)23(28)22-25(33)31(14-4-5-16-32)24-26(34)30(15-6-13-29(22,24)37-28)21-11-10-19-8-2-3-9-20(19)18-21/h2-3,6-13,18,22-24,32H,4-5,14-17H2,1H3/t22-,23-,24?,28+,29-/m0/s1. The van der Waals surface area contributed by atoms with Crippen molar-refractivity contribution in [2.24, 2.45) is 11.8 Å². The van der Waals surface area contributed by atoms with Crippen LogP contribution in [-0.2, 0) is 23.9 Å². The zero-order chi connectivity index (χ0) is 25.8. The molecule has 0 bridgehead atoms. The lowest BCUT2D eigenvalue weighted by Gasteiger charge is -2.37. The second-order valence-corrected chi connectivity index (χ2v) is 10.4. The Morgan fingerprint density at radius 3 is 2.59 bits per heavy atom. The van der Waals surface area contributed by atoms with Gasteiger partial charge in [0.15, 0.2) is 0 Å². The number of likely N-dealkylation sites (tertiary alicyclic amines) is 1. The summed E-state index contributed by atoms with van der Waals surface area (Å²) >= 11 is 0. The minimum Gasteiger partial charge on any atom is -0.461 e. The molecule has 37 heavy (non-hydrogen) atoms. The molecule has 8 heteroatoms. The van der Waals surface area contributed by atoms with Gasteiger partial charge in [0.2, 0.25) is 5.91 Å². The van der Waals surface area contributed by atoms with Gasteiger partial charge in [-0.1, -0.05) is 48.6 Å². The highest BCUT2D eigenvalue weighted by atomic mass is 16.6. The number of carbonyl (C=O) groups excluding carboxylic acids is 3.